The van der Waals surface area contributed by atoms with Crippen LogP contribution in [0, 0.1) is 5.82 Å². The molecule has 0 aliphatic rings. The number of nitrogens with two attached hydrogens (primary N) is 1. The second-order valence-corrected chi connectivity index (χ2v) is 3.30. The van der Waals surface area contributed by atoms with Crippen LogP contribution in [0.4, 0.5) is 4.39 Å². The van der Waals surface area contributed by atoms with Gasteiger partial charge < -0.3 is 10.5 Å². The SMILES string of the molecule is CCOc1ccc(C=NNC(N)=S)cc1F. The number of hydrogen-bond donors (Lipinski definition) is 2. The maximum atomic E-state index is 13.4. The number of rotatable bonds is 4. The predicted molar refractivity (Wildman–Crippen MR) is 65.1 cm³/mol. The standard InChI is InChI=1S/C10H12FN3OS/c1-2-15-9-4-3-7(5-8(9)11)6-13-14-10(12)16/h3-6H,2H2,1H3,(H3,12,14,16). The van der Waals surface area contributed by atoms with Crippen LogP contribution in [0.25, 0.3) is 0 Å². The van der Waals surface area contributed by atoms with Crippen LogP contribution >= 0.6 is 12.2 Å². The smallest absolute Gasteiger partial charge is 0.184 e. The number of nitrogens with zero attached hydrogens (tertiary/aromatic N) is 1. The summed E-state index contributed by atoms with van der Waals surface area (Å²) in [5.74, 6) is -0.205. The molecular weight excluding hydrogens is 229 g/mol. The first-order chi connectivity index (χ1) is 7.63. The summed E-state index contributed by atoms with van der Waals surface area (Å²) in [5, 5.41) is 3.77. The van der Waals surface area contributed by atoms with E-state index in [1.807, 2.05) is 0 Å². The van der Waals surface area contributed by atoms with Gasteiger partial charge >= 0.3 is 0 Å². The summed E-state index contributed by atoms with van der Waals surface area (Å²) >= 11 is 4.55. The van der Waals surface area contributed by atoms with E-state index in [1.165, 1.54) is 12.3 Å². The van der Waals surface area contributed by atoms with Crippen molar-refractivity contribution in [3.05, 3.63) is 29.6 Å². The van der Waals surface area contributed by atoms with Gasteiger partial charge in [0.05, 0.1) is 12.8 Å². The lowest BCUT2D eigenvalue weighted by atomic mass is 10.2. The minimum atomic E-state index is -0.430. The first kappa shape index (κ1) is 12.4. The van der Waals surface area contributed by atoms with Crippen LogP contribution in [0.5, 0.6) is 5.75 Å². The lowest BCUT2D eigenvalue weighted by Gasteiger charge is -2.04. The molecule has 0 aromatic heterocycles. The first-order valence-corrected chi connectivity index (χ1v) is 5.05. The van der Waals surface area contributed by atoms with Gasteiger partial charge in [-0.1, -0.05) is 0 Å². The third kappa shape index (κ3) is 3.82. The van der Waals surface area contributed by atoms with Crippen LogP contribution in [0.1, 0.15) is 12.5 Å². The summed E-state index contributed by atoms with van der Waals surface area (Å²) in [6.07, 6.45) is 1.41. The molecule has 6 heteroatoms. The Morgan fingerprint density at radius 2 is 2.44 bits per heavy atom. The van der Waals surface area contributed by atoms with E-state index in [-0.39, 0.29) is 10.9 Å². The maximum absolute atomic E-state index is 13.4. The van der Waals surface area contributed by atoms with Crippen molar-refractivity contribution < 1.29 is 9.13 Å². The Kier molecular flexibility index (Phi) is 4.65. The Morgan fingerprint density at radius 3 is 3.00 bits per heavy atom. The molecule has 4 nitrogen and oxygen atoms in total. The van der Waals surface area contributed by atoms with Crippen molar-refractivity contribution >= 4 is 23.5 Å². The Hall–Kier alpha value is -1.69. The summed E-state index contributed by atoms with van der Waals surface area (Å²) in [7, 11) is 0. The van der Waals surface area contributed by atoms with E-state index in [0.29, 0.717) is 12.2 Å². The van der Waals surface area contributed by atoms with Gasteiger partial charge in [-0.25, -0.2) is 4.39 Å². The second kappa shape index (κ2) is 6.02. The van der Waals surface area contributed by atoms with Gasteiger partial charge in [-0.05, 0) is 42.9 Å². The highest BCUT2D eigenvalue weighted by molar-refractivity contribution is 7.80. The van der Waals surface area contributed by atoms with Gasteiger partial charge in [0.2, 0.25) is 0 Å². The molecule has 0 heterocycles. The van der Waals surface area contributed by atoms with Gasteiger partial charge in [0.25, 0.3) is 0 Å². The molecule has 0 atom stereocenters. The van der Waals surface area contributed by atoms with Crippen molar-refractivity contribution in [3.63, 3.8) is 0 Å². The molecule has 0 fully saturated rings. The van der Waals surface area contributed by atoms with Crippen LogP contribution in [0.3, 0.4) is 0 Å². The number of ether oxygens (including phenoxy) is 1. The van der Waals surface area contributed by atoms with Crippen molar-refractivity contribution in [1.82, 2.24) is 5.43 Å². The normalized spacial score (nSPS) is 10.4. The number of nitrogens with one attached hydrogen (secondary N) is 1. The lowest BCUT2D eigenvalue weighted by molar-refractivity contribution is 0.321. The minimum absolute atomic E-state index is 0.0580. The average molecular weight is 241 g/mol. The summed E-state index contributed by atoms with van der Waals surface area (Å²) in [6.45, 7) is 2.22. The van der Waals surface area contributed by atoms with Crippen LogP contribution in [-0.4, -0.2) is 17.9 Å². The molecule has 86 valence electrons. The van der Waals surface area contributed by atoms with Gasteiger partial charge in [-0.15, -0.1) is 0 Å². The van der Waals surface area contributed by atoms with Gasteiger partial charge in [-0.2, -0.15) is 5.10 Å². The van der Waals surface area contributed by atoms with Gasteiger partial charge in [0.15, 0.2) is 16.7 Å². The van der Waals surface area contributed by atoms with Gasteiger partial charge in [0.1, 0.15) is 0 Å². The zero-order valence-electron chi connectivity index (χ0n) is 8.74. The Balaban J connectivity index is 2.73. The first-order valence-electron chi connectivity index (χ1n) is 4.64. The third-order valence-corrected chi connectivity index (χ3v) is 1.74. The second-order valence-electron chi connectivity index (χ2n) is 2.86. The Bertz CT molecular complexity index is 409. The Morgan fingerprint density at radius 1 is 1.69 bits per heavy atom. The fourth-order valence-electron chi connectivity index (χ4n) is 1.04. The summed E-state index contributed by atoms with van der Waals surface area (Å²) in [6, 6.07) is 4.54. The van der Waals surface area contributed by atoms with Crippen molar-refractivity contribution in [3.8, 4) is 5.75 Å². The van der Waals surface area contributed by atoms with Crippen molar-refractivity contribution in [2.75, 3.05) is 6.61 Å². The minimum Gasteiger partial charge on any atom is -0.491 e. The van der Waals surface area contributed by atoms with Crippen LogP contribution in [0.15, 0.2) is 23.3 Å². The van der Waals surface area contributed by atoms with Gasteiger partial charge in [0, 0.05) is 0 Å². The summed E-state index contributed by atoms with van der Waals surface area (Å²) in [4.78, 5) is 0. The third-order valence-electron chi connectivity index (χ3n) is 1.64. The molecule has 1 aromatic rings. The number of hydrogen-bond acceptors (Lipinski definition) is 3. The molecule has 16 heavy (non-hydrogen) atoms. The average Bonchev–Trinajstić information content (AvgIpc) is 2.21. The van der Waals surface area contributed by atoms with Crippen LogP contribution in [-0.2, 0) is 0 Å². The van der Waals surface area contributed by atoms with E-state index in [1.54, 1.807) is 19.1 Å². The molecule has 3 N–H and O–H groups in total. The van der Waals surface area contributed by atoms with E-state index in [0.717, 1.165) is 0 Å². The summed E-state index contributed by atoms with van der Waals surface area (Å²) < 4.78 is 18.4. The number of thiocarbonyl (C=S) groups is 1. The van der Waals surface area contributed by atoms with Crippen LogP contribution < -0.4 is 15.9 Å². The lowest BCUT2D eigenvalue weighted by Crippen LogP contribution is -2.23. The Labute approximate surface area is 98.3 Å². The fraction of sp³-hybridized carbons (Fsp3) is 0.200. The highest BCUT2D eigenvalue weighted by Gasteiger charge is 2.02. The molecule has 0 amide bonds. The highest BCUT2D eigenvalue weighted by Crippen LogP contribution is 2.17. The quantitative estimate of drug-likeness (QED) is 0.475. The molecule has 0 bridgehead atoms. The molecule has 0 unspecified atom stereocenters. The van der Waals surface area contributed by atoms with E-state index in [2.05, 4.69) is 22.7 Å². The molecule has 0 spiro atoms. The molecule has 0 radical (unpaired) electrons. The molecular formula is C10H12FN3OS. The molecule has 0 saturated carbocycles. The molecule has 0 saturated heterocycles. The predicted octanol–water partition coefficient (Wildman–Crippen LogP) is 1.39. The van der Waals surface area contributed by atoms with Crippen LogP contribution in [0.2, 0.25) is 0 Å². The fourth-order valence-corrected chi connectivity index (χ4v) is 1.09. The zero-order chi connectivity index (χ0) is 12.0. The number of hydrazone groups is 1. The number of halogens is 1. The largest absolute Gasteiger partial charge is 0.491 e. The highest BCUT2D eigenvalue weighted by atomic mass is 32.1. The van der Waals surface area contributed by atoms with E-state index in [4.69, 9.17) is 10.5 Å². The molecule has 1 aromatic carbocycles. The summed E-state index contributed by atoms with van der Waals surface area (Å²) in [5.41, 5.74) is 8.13. The molecule has 0 aliphatic heterocycles. The van der Waals surface area contributed by atoms with E-state index < -0.39 is 5.82 Å². The monoisotopic (exact) mass is 241 g/mol. The topological polar surface area (TPSA) is 59.6 Å². The molecule has 1 rings (SSSR count). The van der Waals surface area contributed by atoms with Crippen molar-refractivity contribution in [2.45, 2.75) is 6.92 Å². The van der Waals surface area contributed by atoms with E-state index >= 15 is 0 Å². The molecule has 0 aliphatic carbocycles. The maximum Gasteiger partial charge on any atom is 0.184 e. The van der Waals surface area contributed by atoms with E-state index in [9.17, 15) is 4.39 Å². The van der Waals surface area contributed by atoms with Crippen molar-refractivity contribution in [1.29, 1.82) is 0 Å². The number of benzene rings is 1. The van der Waals surface area contributed by atoms with Crippen molar-refractivity contribution in [2.24, 2.45) is 10.8 Å². The van der Waals surface area contributed by atoms with Gasteiger partial charge in [-0.3, -0.25) is 5.43 Å². The zero-order valence-corrected chi connectivity index (χ0v) is 9.55.